The predicted octanol–water partition coefficient (Wildman–Crippen LogP) is 0.946. The Bertz CT molecular complexity index is 480. The number of morpholine rings is 1. The van der Waals surface area contributed by atoms with Gasteiger partial charge in [0, 0.05) is 32.0 Å². The van der Waals surface area contributed by atoms with Crippen LogP contribution in [0.15, 0.2) is 24.5 Å². The Morgan fingerprint density at radius 2 is 2.38 bits per heavy atom. The van der Waals surface area contributed by atoms with Gasteiger partial charge in [-0.25, -0.2) is 0 Å². The molecule has 2 atom stereocenters. The van der Waals surface area contributed by atoms with Crippen molar-refractivity contribution >= 4 is 5.91 Å². The molecule has 0 aromatic carbocycles. The van der Waals surface area contributed by atoms with E-state index < -0.39 is 0 Å². The topological polar surface area (TPSA) is 45.7 Å². The molecule has 0 bridgehead atoms. The number of carbonyl (C=O) groups is 1. The maximum absolute atomic E-state index is 12.6. The summed E-state index contributed by atoms with van der Waals surface area (Å²) in [6, 6.07) is 4.08. The third-order valence-electron chi connectivity index (χ3n) is 4.52. The van der Waals surface area contributed by atoms with Gasteiger partial charge in [0.05, 0.1) is 25.2 Å². The highest BCUT2D eigenvalue weighted by atomic mass is 16.5. The summed E-state index contributed by atoms with van der Waals surface area (Å²) in [4.78, 5) is 21.1. The largest absolute Gasteiger partial charge is 0.373 e. The van der Waals surface area contributed by atoms with Gasteiger partial charge in [-0.05, 0) is 24.6 Å². The first kappa shape index (κ1) is 14.5. The summed E-state index contributed by atoms with van der Waals surface area (Å²) < 4.78 is 5.90. The number of likely N-dealkylation sites (N-methyl/N-ethyl adjacent to an activating group) is 1. The molecule has 0 aliphatic carbocycles. The van der Waals surface area contributed by atoms with Gasteiger partial charge in [0.15, 0.2) is 0 Å². The molecule has 0 radical (unpaired) electrons. The molecule has 2 aliphatic rings. The van der Waals surface area contributed by atoms with Gasteiger partial charge in [-0.2, -0.15) is 0 Å². The number of hydrogen-bond donors (Lipinski definition) is 0. The molecule has 0 spiro atoms. The standard InChI is InChI=1S/C16H23N3O2/c1-2-18-7-5-14-15(12-18)21-9-8-19(14)16(20)10-13-4-3-6-17-11-13/h3-4,6,11,14-15H,2,5,7-10,12H2,1H3/t14-,15+/m1/s1. The van der Waals surface area contributed by atoms with Gasteiger partial charge >= 0.3 is 0 Å². The van der Waals surface area contributed by atoms with Crippen LogP contribution in [0, 0.1) is 0 Å². The van der Waals surface area contributed by atoms with Crippen molar-refractivity contribution in [3.8, 4) is 0 Å². The van der Waals surface area contributed by atoms with Gasteiger partial charge in [0.25, 0.3) is 0 Å². The van der Waals surface area contributed by atoms with E-state index >= 15 is 0 Å². The molecule has 2 fully saturated rings. The fourth-order valence-corrected chi connectivity index (χ4v) is 3.33. The fourth-order valence-electron chi connectivity index (χ4n) is 3.33. The summed E-state index contributed by atoms with van der Waals surface area (Å²) >= 11 is 0. The Balaban J connectivity index is 1.66. The van der Waals surface area contributed by atoms with Crippen LogP contribution in [0.25, 0.3) is 0 Å². The van der Waals surface area contributed by atoms with Gasteiger partial charge in [-0.3, -0.25) is 9.78 Å². The lowest BCUT2D eigenvalue weighted by molar-refractivity contribution is -0.151. The average Bonchev–Trinajstić information content (AvgIpc) is 2.54. The number of carbonyl (C=O) groups excluding carboxylic acids is 1. The van der Waals surface area contributed by atoms with Crippen LogP contribution >= 0.6 is 0 Å². The first-order valence-electron chi connectivity index (χ1n) is 7.80. The molecule has 3 heterocycles. The Kier molecular flexibility index (Phi) is 4.51. The minimum absolute atomic E-state index is 0.172. The van der Waals surface area contributed by atoms with Crippen LogP contribution in [0.5, 0.6) is 0 Å². The van der Waals surface area contributed by atoms with Gasteiger partial charge in [0.1, 0.15) is 0 Å². The van der Waals surface area contributed by atoms with Crippen molar-refractivity contribution in [2.24, 2.45) is 0 Å². The molecule has 3 rings (SSSR count). The second-order valence-corrected chi connectivity index (χ2v) is 5.78. The SMILES string of the molecule is CCN1CC[C@@H]2[C@H](C1)OCCN2C(=O)Cc1cccnc1. The average molecular weight is 289 g/mol. The maximum atomic E-state index is 12.6. The normalized spacial score (nSPS) is 26.4. The minimum atomic E-state index is 0.172. The lowest BCUT2D eigenvalue weighted by atomic mass is 9.97. The molecule has 0 unspecified atom stereocenters. The van der Waals surface area contributed by atoms with Gasteiger partial charge in [-0.15, -0.1) is 0 Å². The Morgan fingerprint density at radius 3 is 3.14 bits per heavy atom. The van der Waals surface area contributed by atoms with Crippen molar-refractivity contribution in [2.45, 2.75) is 31.9 Å². The molecular formula is C16H23N3O2. The van der Waals surface area contributed by atoms with Crippen LogP contribution in [0.4, 0.5) is 0 Å². The molecule has 1 aromatic rings. The molecule has 114 valence electrons. The van der Waals surface area contributed by atoms with Crippen LogP contribution in [0.2, 0.25) is 0 Å². The Morgan fingerprint density at radius 1 is 1.48 bits per heavy atom. The summed E-state index contributed by atoms with van der Waals surface area (Å²) in [6.45, 7) is 6.59. The van der Waals surface area contributed by atoms with Crippen molar-refractivity contribution < 1.29 is 9.53 Å². The highest BCUT2D eigenvalue weighted by Gasteiger charge is 2.38. The number of aromatic nitrogens is 1. The molecule has 21 heavy (non-hydrogen) atoms. The van der Waals surface area contributed by atoms with E-state index in [1.807, 2.05) is 17.0 Å². The van der Waals surface area contributed by atoms with E-state index in [2.05, 4.69) is 16.8 Å². The fraction of sp³-hybridized carbons (Fsp3) is 0.625. The molecule has 5 nitrogen and oxygen atoms in total. The second kappa shape index (κ2) is 6.54. The van der Waals surface area contributed by atoms with E-state index in [1.54, 1.807) is 12.4 Å². The van der Waals surface area contributed by atoms with Crippen LogP contribution in [0.3, 0.4) is 0 Å². The summed E-state index contributed by atoms with van der Waals surface area (Å²) in [7, 11) is 0. The van der Waals surface area contributed by atoms with Gasteiger partial charge < -0.3 is 14.5 Å². The number of amides is 1. The Hall–Kier alpha value is -1.46. The number of likely N-dealkylation sites (tertiary alicyclic amines) is 1. The van der Waals surface area contributed by atoms with E-state index in [0.29, 0.717) is 19.6 Å². The van der Waals surface area contributed by atoms with Crippen molar-refractivity contribution in [1.82, 2.24) is 14.8 Å². The summed E-state index contributed by atoms with van der Waals surface area (Å²) in [5.41, 5.74) is 0.983. The molecule has 1 amide bonds. The minimum Gasteiger partial charge on any atom is -0.373 e. The number of nitrogens with zero attached hydrogens (tertiary/aromatic N) is 3. The molecule has 0 saturated carbocycles. The van der Waals surface area contributed by atoms with E-state index in [-0.39, 0.29) is 18.1 Å². The van der Waals surface area contributed by atoms with Gasteiger partial charge in [-0.1, -0.05) is 13.0 Å². The maximum Gasteiger partial charge on any atom is 0.227 e. The lowest BCUT2D eigenvalue weighted by Crippen LogP contribution is -2.60. The lowest BCUT2D eigenvalue weighted by Gasteiger charge is -2.46. The third kappa shape index (κ3) is 3.24. The number of rotatable bonds is 3. The van der Waals surface area contributed by atoms with Crippen LogP contribution in [0.1, 0.15) is 18.9 Å². The first-order chi connectivity index (χ1) is 10.3. The Labute approximate surface area is 125 Å². The summed E-state index contributed by atoms with van der Waals surface area (Å²) in [6.07, 6.45) is 5.13. The zero-order valence-corrected chi connectivity index (χ0v) is 12.6. The smallest absolute Gasteiger partial charge is 0.227 e. The zero-order valence-electron chi connectivity index (χ0n) is 12.6. The van der Waals surface area contributed by atoms with E-state index in [0.717, 1.165) is 31.6 Å². The van der Waals surface area contributed by atoms with Gasteiger partial charge in [0.2, 0.25) is 5.91 Å². The van der Waals surface area contributed by atoms with Crippen molar-refractivity contribution in [1.29, 1.82) is 0 Å². The first-order valence-corrected chi connectivity index (χ1v) is 7.80. The number of fused-ring (bicyclic) bond motifs is 1. The quantitative estimate of drug-likeness (QED) is 0.831. The summed E-state index contributed by atoms with van der Waals surface area (Å²) in [5.74, 6) is 0.200. The van der Waals surface area contributed by atoms with Crippen LogP contribution in [-0.4, -0.2) is 65.6 Å². The molecule has 0 N–H and O–H groups in total. The van der Waals surface area contributed by atoms with E-state index in [9.17, 15) is 4.79 Å². The molecule has 2 saturated heterocycles. The number of hydrogen-bond acceptors (Lipinski definition) is 4. The van der Waals surface area contributed by atoms with Crippen LogP contribution in [-0.2, 0) is 16.0 Å². The number of pyridine rings is 1. The zero-order chi connectivity index (χ0) is 14.7. The monoisotopic (exact) mass is 289 g/mol. The van der Waals surface area contributed by atoms with Crippen molar-refractivity contribution in [3.05, 3.63) is 30.1 Å². The molecule has 1 aromatic heterocycles. The third-order valence-corrected chi connectivity index (χ3v) is 4.52. The van der Waals surface area contributed by atoms with Crippen LogP contribution < -0.4 is 0 Å². The van der Waals surface area contributed by atoms with E-state index in [1.165, 1.54) is 0 Å². The van der Waals surface area contributed by atoms with Crippen molar-refractivity contribution in [3.63, 3.8) is 0 Å². The highest BCUT2D eigenvalue weighted by molar-refractivity contribution is 5.79. The molecule has 2 aliphatic heterocycles. The predicted molar refractivity (Wildman–Crippen MR) is 79.9 cm³/mol. The second-order valence-electron chi connectivity index (χ2n) is 5.78. The van der Waals surface area contributed by atoms with E-state index in [4.69, 9.17) is 4.74 Å². The number of ether oxygens (including phenoxy) is 1. The number of piperidine rings is 1. The summed E-state index contributed by atoms with van der Waals surface area (Å²) in [5, 5.41) is 0. The van der Waals surface area contributed by atoms with Crippen molar-refractivity contribution in [2.75, 3.05) is 32.8 Å². The highest BCUT2D eigenvalue weighted by Crippen LogP contribution is 2.23. The molecular weight excluding hydrogens is 266 g/mol. The molecule has 5 heteroatoms.